The number of hydrogen-bond acceptors (Lipinski definition) is 3. The zero-order valence-electron chi connectivity index (χ0n) is 11.5. The fourth-order valence-electron chi connectivity index (χ4n) is 1.47. The molecule has 0 radical (unpaired) electrons. The molecule has 106 valence electrons. The van der Waals surface area contributed by atoms with Crippen LogP contribution in [0.15, 0.2) is 24.3 Å². The molecule has 0 bridgehead atoms. The van der Waals surface area contributed by atoms with E-state index in [1.54, 1.807) is 12.1 Å². The van der Waals surface area contributed by atoms with Gasteiger partial charge in [0.05, 0.1) is 6.61 Å². The van der Waals surface area contributed by atoms with Crippen LogP contribution in [0, 0.1) is 0 Å². The Balaban J connectivity index is 2.48. The van der Waals surface area contributed by atoms with Gasteiger partial charge in [-0.25, -0.2) is 0 Å². The van der Waals surface area contributed by atoms with Gasteiger partial charge < -0.3 is 15.0 Å². The van der Waals surface area contributed by atoms with Crippen molar-refractivity contribution in [3.05, 3.63) is 29.8 Å². The van der Waals surface area contributed by atoms with E-state index in [9.17, 15) is 4.79 Å². The summed E-state index contributed by atoms with van der Waals surface area (Å²) in [5, 5.41) is 3.80. The quantitative estimate of drug-likeness (QED) is 0.587. The molecule has 1 N–H and O–H groups in total. The molecule has 19 heavy (non-hydrogen) atoms. The van der Waals surface area contributed by atoms with Crippen molar-refractivity contribution in [2.45, 2.75) is 6.42 Å². The first-order chi connectivity index (χ1) is 9.13. The third kappa shape index (κ3) is 6.59. The highest BCUT2D eigenvalue weighted by molar-refractivity contribution is 9.09. The molecule has 0 aromatic heterocycles. The molecule has 1 aromatic rings. The maximum absolute atomic E-state index is 11.9. The van der Waals surface area contributed by atoms with E-state index in [1.807, 2.05) is 31.1 Å². The van der Waals surface area contributed by atoms with Gasteiger partial charge in [-0.2, -0.15) is 0 Å². The molecule has 0 aliphatic rings. The second kappa shape index (κ2) is 8.93. The van der Waals surface area contributed by atoms with Gasteiger partial charge in [0, 0.05) is 24.0 Å². The first kappa shape index (κ1) is 16.0. The van der Waals surface area contributed by atoms with E-state index in [4.69, 9.17) is 4.74 Å². The molecule has 0 saturated heterocycles. The lowest BCUT2D eigenvalue weighted by Gasteiger charge is -2.11. The first-order valence-electron chi connectivity index (χ1n) is 6.35. The Kier molecular flexibility index (Phi) is 7.52. The topological polar surface area (TPSA) is 41.6 Å². The second-order valence-electron chi connectivity index (χ2n) is 4.48. The van der Waals surface area contributed by atoms with Crippen LogP contribution in [0.4, 0.5) is 0 Å². The van der Waals surface area contributed by atoms with Crippen LogP contribution in [0.1, 0.15) is 16.8 Å². The predicted octanol–water partition coefficient (Wildman–Crippen LogP) is 2.14. The highest BCUT2D eigenvalue weighted by Gasteiger charge is 2.06. The zero-order chi connectivity index (χ0) is 14.1. The number of amides is 1. The van der Waals surface area contributed by atoms with Crippen LogP contribution < -0.4 is 10.1 Å². The Morgan fingerprint density at radius 3 is 2.89 bits per heavy atom. The normalized spacial score (nSPS) is 10.5. The van der Waals surface area contributed by atoms with Gasteiger partial charge in [0.15, 0.2) is 0 Å². The maximum atomic E-state index is 11.9. The maximum Gasteiger partial charge on any atom is 0.251 e. The Morgan fingerprint density at radius 2 is 2.21 bits per heavy atom. The van der Waals surface area contributed by atoms with Gasteiger partial charge in [-0.05, 0) is 38.7 Å². The number of halogens is 1. The van der Waals surface area contributed by atoms with Gasteiger partial charge in [-0.1, -0.05) is 22.0 Å². The number of rotatable bonds is 8. The fourth-order valence-corrected chi connectivity index (χ4v) is 1.70. The van der Waals surface area contributed by atoms with Gasteiger partial charge in [0.2, 0.25) is 0 Å². The van der Waals surface area contributed by atoms with E-state index in [0.717, 1.165) is 24.0 Å². The van der Waals surface area contributed by atoms with E-state index in [0.29, 0.717) is 18.7 Å². The van der Waals surface area contributed by atoms with Crippen LogP contribution >= 0.6 is 15.9 Å². The number of hydrogen-bond donors (Lipinski definition) is 1. The van der Waals surface area contributed by atoms with Gasteiger partial charge in [0.1, 0.15) is 5.75 Å². The number of likely N-dealkylation sites (N-methyl/N-ethyl adjacent to an activating group) is 1. The average Bonchev–Trinajstić information content (AvgIpc) is 2.39. The highest BCUT2D eigenvalue weighted by atomic mass is 79.9. The summed E-state index contributed by atoms with van der Waals surface area (Å²) >= 11 is 3.35. The van der Waals surface area contributed by atoms with Gasteiger partial charge in [0.25, 0.3) is 5.91 Å². The summed E-state index contributed by atoms with van der Waals surface area (Å²) in [5.41, 5.74) is 0.634. The summed E-state index contributed by atoms with van der Waals surface area (Å²) in [7, 11) is 3.95. The molecule has 0 saturated carbocycles. The molecule has 0 unspecified atom stereocenters. The lowest BCUT2D eigenvalue weighted by Crippen LogP contribution is -2.31. The van der Waals surface area contributed by atoms with E-state index in [2.05, 4.69) is 21.2 Å². The van der Waals surface area contributed by atoms with Crippen LogP contribution in [-0.4, -0.2) is 49.9 Å². The number of carbonyl (C=O) groups is 1. The number of carbonyl (C=O) groups excluding carboxylic acids is 1. The average molecular weight is 329 g/mol. The molecule has 5 heteroatoms. The van der Waals surface area contributed by atoms with Crippen LogP contribution in [0.3, 0.4) is 0 Å². The van der Waals surface area contributed by atoms with Crippen molar-refractivity contribution in [1.82, 2.24) is 10.2 Å². The standard InChI is InChI=1S/C14H21BrN2O2/c1-17(2)9-8-16-14(18)12-5-3-6-13(11-12)19-10-4-7-15/h3,5-6,11H,4,7-10H2,1-2H3,(H,16,18). The SMILES string of the molecule is CN(C)CCNC(=O)c1cccc(OCCCBr)c1. The van der Waals surface area contributed by atoms with Crippen LogP contribution in [0.25, 0.3) is 0 Å². The van der Waals surface area contributed by atoms with Crippen LogP contribution in [0.5, 0.6) is 5.75 Å². The van der Waals surface area contributed by atoms with Crippen molar-refractivity contribution in [3.63, 3.8) is 0 Å². The number of benzene rings is 1. The zero-order valence-corrected chi connectivity index (χ0v) is 13.1. The van der Waals surface area contributed by atoms with Crippen molar-refractivity contribution in [2.75, 3.05) is 39.1 Å². The molecule has 0 aliphatic heterocycles. The Hall–Kier alpha value is -1.07. The summed E-state index contributed by atoms with van der Waals surface area (Å²) in [6.07, 6.45) is 0.944. The van der Waals surface area contributed by atoms with Crippen molar-refractivity contribution >= 4 is 21.8 Å². The van der Waals surface area contributed by atoms with Gasteiger partial charge >= 0.3 is 0 Å². The number of alkyl halides is 1. The summed E-state index contributed by atoms with van der Waals surface area (Å²) in [6.45, 7) is 2.12. The summed E-state index contributed by atoms with van der Waals surface area (Å²) in [6, 6.07) is 7.27. The summed E-state index contributed by atoms with van der Waals surface area (Å²) in [4.78, 5) is 13.9. The minimum atomic E-state index is -0.0622. The predicted molar refractivity (Wildman–Crippen MR) is 81.2 cm³/mol. The minimum Gasteiger partial charge on any atom is -0.494 e. The minimum absolute atomic E-state index is 0.0622. The summed E-state index contributed by atoms with van der Waals surface area (Å²) < 4.78 is 5.56. The Labute approximate surface area is 123 Å². The molecule has 1 amide bonds. The van der Waals surface area contributed by atoms with Crippen LogP contribution in [-0.2, 0) is 0 Å². The smallest absolute Gasteiger partial charge is 0.251 e. The largest absolute Gasteiger partial charge is 0.494 e. The lowest BCUT2D eigenvalue weighted by molar-refractivity contribution is 0.0950. The molecule has 1 aromatic carbocycles. The van der Waals surface area contributed by atoms with Gasteiger partial charge in [-0.3, -0.25) is 4.79 Å². The molecule has 1 rings (SSSR count). The molecule has 0 fully saturated rings. The molecule has 0 aliphatic carbocycles. The summed E-state index contributed by atoms with van der Waals surface area (Å²) in [5.74, 6) is 0.675. The van der Waals surface area contributed by atoms with Crippen molar-refractivity contribution in [2.24, 2.45) is 0 Å². The molecule has 0 atom stereocenters. The molecule has 0 heterocycles. The Morgan fingerprint density at radius 1 is 1.42 bits per heavy atom. The third-order valence-corrected chi connectivity index (χ3v) is 3.05. The number of nitrogens with one attached hydrogen (secondary N) is 1. The van der Waals surface area contributed by atoms with E-state index in [1.165, 1.54) is 0 Å². The highest BCUT2D eigenvalue weighted by Crippen LogP contribution is 2.13. The number of ether oxygens (including phenoxy) is 1. The first-order valence-corrected chi connectivity index (χ1v) is 7.47. The Bertz CT molecular complexity index is 397. The lowest BCUT2D eigenvalue weighted by atomic mass is 10.2. The van der Waals surface area contributed by atoms with E-state index in [-0.39, 0.29) is 5.91 Å². The monoisotopic (exact) mass is 328 g/mol. The van der Waals surface area contributed by atoms with Crippen molar-refractivity contribution in [3.8, 4) is 5.75 Å². The molecule has 4 nitrogen and oxygen atoms in total. The number of nitrogens with zero attached hydrogens (tertiary/aromatic N) is 1. The molecular weight excluding hydrogens is 308 g/mol. The van der Waals surface area contributed by atoms with Gasteiger partial charge in [-0.15, -0.1) is 0 Å². The van der Waals surface area contributed by atoms with E-state index >= 15 is 0 Å². The molecular formula is C14H21BrN2O2. The molecule has 0 spiro atoms. The third-order valence-electron chi connectivity index (χ3n) is 2.49. The van der Waals surface area contributed by atoms with Crippen LogP contribution in [0.2, 0.25) is 0 Å². The van der Waals surface area contributed by atoms with E-state index < -0.39 is 0 Å². The fraction of sp³-hybridized carbons (Fsp3) is 0.500. The van der Waals surface area contributed by atoms with Crippen molar-refractivity contribution < 1.29 is 9.53 Å². The second-order valence-corrected chi connectivity index (χ2v) is 5.27. The van der Waals surface area contributed by atoms with Crippen molar-refractivity contribution in [1.29, 1.82) is 0 Å².